The number of rotatable bonds is 4. The monoisotopic (exact) mass is 349 g/mol. The Labute approximate surface area is 150 Å². The number of likely N-dealkylation sites (tertiary alicyclic amines) is 1. The molecule has 0 aromatic heterocycles. The summed E-state index contributed by atoms with van der Waals surface area (Å²) in [7, 11) is 1.62. The van der Waals surface area contributed by atoms with Crippen molar-refractivity contribution in [2.75, 3.05) is 46.3 Å². The second kappa shape index (κ2) is 7.83. The minimum atomic E-state index is -0.0215. The molecule has 7 nitrogen and oxygen atoms in total. The Bertz CT molecular complexity index is 532. The molecule has 0 aromatic carbocycles. The molecule has 25 heavy (non-hydrogen) atoms. The van der Waals surface area contributed by atoms with E-state index in [1.807, 2.05) is 4.90 Å². The third-order valence-electron chi connectivity index (χ3n) is 5.92. The molecule has 3 aliphatic heterocycles. The highest BCUT2D eigenvalue weighted by molar-refractivity contribution is 6.39. The molecular formula is C18H31N5O2. The van der Waals surface area contributed by atoms with Gasteiger partial charge in [0.05, 0.1) is 0 Å². The zero-order chi connectivity index (χ0) is 18.0. The van der Waals surface area contributed by atoms with E-state index < -0.39 is 0 Å². The summed E-state index contributed by atoms with van der Waals surface area (Å²) >= 11 is 0. The van der Waals surface area contributed by atoms with Crippen molar-refractivity contribution in [1.82, 2.24) is 19.7 Å². The topological polar surface area (TPSA) is 59.5 Å². The lowest BCUT2D eigenvalue weighted by Gasteiger charge is -2.37. The number of hydrogen-bond acceptors (Lipinski definition) is 5. The maximum absolute atomic E-state index is 12.6. The lowest BCUT2D eigenvalue weighted by molar-refractivity contribution is -0.131. The summed E-state index contributed by atoms with van der Waals surface area (Å²) in [6.45, 7) is 10.2. The molecule has 0 unspecified atom stereocenters. The fourth-order valence-corrected chi connectivity index (χ4v) is 4.13. The number of hydrogen-bond donors (Lipinski definition) is 0. The van der Waals surface area contributed by atoms with Crippen LogP contribution in [0.3, 0.4) is 0 Å². The summed E-state index contributed by atoms with van der Waals surface area (Å²) in [6.07, 6.45) is 3.46. The number of carbonyl (C=O) groups excluding carboxylic acids is 2. The molecule has 7 heteroatoms. The standard InChI is InChI=1S/C18H31N5O2/c1-14-4-5-15(2)23(14)13-10-21-8-11-22(12-9-21)18(25)16-6-7-17(24)20(3)19-16/h14-15H,4-13H2,1-3H3/t14-,15-/m1/s1. The average molecular weight is 349 g/mol. The van der Waals surface area contributed by atoms with Crippen LogP contribution in [0.5, 0.6) is 0 Å². The highest BCUT2D eigenvalue weighted by Crippen LogP contribution is 2.23. The van der Waals surface area contributed by atoms with Gasteiger partial charge in [0, 0.05) is 71.2 Å². The summed E-state index contributed by atoms with van der Waals surface area (Å²) in [5, 5.41) is 5.45. The van der Waals surface area contributed by atoms with Crippen LogP contribution in [-0.4, -0.2) is 95.6 Å². The van der Waals surface area contributed by atoms with Gasteiger partial charge >= 0.3 is 0 Å². The van der Waals surface area contributed by atoms with Crippen LogP contribution in [0.1, 0.15) is 39.5 Å². The molecule has 3 aliphatic rings. The maximum Gasteiger partial charge on any atom is 0.270 e. The van der Waals surface area contributed by atoms with Gasteiger partial charge in [0.1, 0.15) is 5.71 Å². The van der Waals surface area contributed by atoms with Crippen LogP contribution in [0.2, 0.25) is 0 Å². The lowest BCUT2D eigenvalue weighted by atomic mass is 10.1. The van der Waals surface area contributed by atoms with E-state index in [1.165, 1.54) is 17.9 Å². The third-order valence-corrected chi connectivity index (χ3v) is 5.92. The van der Waals surface area contributed by atoms with E-state index in [9.17, 15) is 9.59 Å². The van der Waals surface area contributed by atoms with Crippen LogP contribution >= 0.6 is 0 Å². The minimum absolute atomic E-state index is 0.000729. The predicted octanol–water partition coefficient (Wildman–Crippen LogP) is 0.612. The van der Waals surface area contributed by atoms with Crippen molar-refractivity contribution in [3.63, 3.8) is 0 Å². The lowest BCUT2D eigenvalue weighted by Crippen LogP contribution is -2.52. The summed E-state index contributed by atoms with van der Waals surface area (Å²) in [6, 6.07) is 1.39. The Balaban J connectivity index is 1.45. The zero-order valence-corrected chi connectivity index (χ0v) is 15.8. The Morgan fingerprint density at radius 2 is 1.68 bits per heavy atom. The van der Waals surface area contributed by atoms with Crippen molar-refractivity contribution in [2.45, 2.75) is 51.6 Å². The molecule has 0 radical (unpaired) electrons. The first-order valence-electron chi connectivity index (χ1n) is 9.57. The molecule has 0 bridgehead atoms. The van der Waals surface area contributed by atoms with E-state index >= 15 is 0 Å². The van der Waals surface area contributed by atoms with E-state index in [0.29, 0.717) is 30.6 Å². The molecule has 140 valence electrons. The summed E-state index contributed by atoms with van der Waals surface area (Å²) in [5.74, 6) is -0.0208. The quantitative estimate of drug-likeness (QED) is 0.746. The van der Waals surface area contributed by atoms with E-state index in [2.05, 4.69) is 28.7 Å². The van der Waals surface area contributed by atoms with E-state index in [1.54, 1.807) is 7.05 Å². The van der Waals surface area contributed by atoms with Gasteiger partial charge in [-0.3, -0.25) is 19.4 Å². The molecule has 0 N–H and O–H groups in total. The van der Waals surface area contributed by atoms with Crippen molar-refractivity contribution in [3.05, 3.63) is 0 Å². The largest absolute Gasteiger partial charge is 0.335 e. The first-order chi connectivity index (χ1) is 12.0. The summed E-state index contributed by atoms with van der Waals surface area (Å²) in [5.41, 5.74) is 0.523. The van der Waals surface area contributed by atoms with Gasteiger partial charge in [-0.2, -0.15) is 5.10 Å². The van der Waals surface area contributed by atoms with Gasteiger partial charge in [-0.15, -0.1) is 0 Å². The molecule has 2 saturated heterocycles. The number of hydrazone groups is 1. The summed E-state index contributed by atoms with van der Waals surface area (Å²) < 4.78 is 0. The molecule has 3 rings (SSSR count). The van der Waals surface area contributed by atoms with Gasteiger partial charge in [-0.25, -0.2) is 5.01 Å². The highest BCUT2D eigenvalue weighted by Gasteiger charge is 2.30. The molecule has 0 aliphatic carbocycles. The third kappa shape index (κ3) is 4.20. The predicted molar refractivity (Wildman–Crippen MR) is 97.3 cm³/mol. The van der Waals surface area contributed by atoms with Gasteiger partial charge in [0.2, 0.25) is 5.91 Å². The van der Waals surface area contributed by atoms with E-state index in [-0.39, 0.29) is 11.8 Å². The smallest absolute Gasteiger partial charge is 0.270 e. The van der Waals surface area contributed by atoms with Crippen molar-refractivity contribution in [2.24, 2.45) is 5.10 Å². The van der Waals surface area contributed by atoms with E-state index in [4.69, 9.17) is 0 Å². The molecular weight excluding hydrogens is 318 g/mol. The first-order valence-corrected chi connectivity index (χ1v) is 9.57. The highest BCUT2D eigenvalue weighted by atomic mass is 16.2. The average Bonchev–Trinajstić information content (AvgIpc) is 2.93. The second-order valence-electron chi connectivity index (χ2n) is 7.61. The fraction of sp³-hybridized carbons (Fsp3) is 0.833. The number of amides is 2. The Morgan fingerprint density at radius 1 is 1.04 bits per heavy atom. The minimum Gasteiger partial charge on any atom is -0.335 e. The van der Waals surface area contributed by atoms with Crippen LogP contribution in [0.4, 0.5) is 0 Å². The number of piperazine rings is 1. The van der Waals surface area contributed by atoms with Crippen LogP contribution in [0, 0.1) is 0 Å². The van der Waals surface area contributed by atoms with Crippen LogP contribution in [0.25, 0.3) is 0 Å². The van der Waals surface area contributed by atoms with Gasteiger partial charge in [-0.05, 0) is 26.7 Å². The van der Waals surface area contributed by atoms with Crippen molar-refractivity contribution < 1.29 is 9.59 Å². The van der Waals surface area contributed by atoms with Crippen molar-refractivity contribution >= 4 is 17.5 Å². The van der Waals surface area contributed by atoms with Crippen molar-refractivity contribution in [1.29, 1.82) is 0 Å². The van der Waals surface area contributed by atoms with E-state index in [0.717, 1.165) is 39.3 Å². The zero-order valence-electron chi connectivity index (χ0n) is 15.8. The van der Waals surface area contributed by atoms with Crippen molar-refractivity contribution in [3.8, 4) is 0 Å². The van der Waals surface area contributed by atoms with Crippen LogP contribution in [-0.2, 0) is 9.59 Å². The van der Waals surface area contributed by atoms with Crippen LogP contribution < -0.4 is 0 Å². The molecule has 0 aromatic rings. The number of carbonyl (C=O) groups is 2. The van der Waals surface area contributed by atoms with Gasteiger partial charge in [0.15, 0.2) is 0 Å². The fourth-order valence-electron chi connectivity index (χ4n) is 4.13. The Morgan fingerprint density at radius 3 is 2.28 bits per heavy atom. The molecule has 2 atom stereocenters. The Kier molecular flexibility index (Phi) is 5.74. The van der Waals surface area contributed by atoms with Crippen LogP contribution in [0.15, 0.2) is 5.10 Å². The summed E-state index contributed by atoms with van der Waals surface area (Å²) in [4.78, 5) is 31.0. The normalized spacial score (nSPS) is 29.2. The molecule has 3 heterocycles. The Hall–Kier alpha value is -1.47. The molecule has 0 saturated carbocycles. The van der Waals surface area contributed by atoms with Gasteiger partial charge < -0.3 is 4.90 Å². The SMILES string of the molecule is C[C@@H]1CC[C@@H](C)N1CCN1CCN(C(=O)C2=NN(C)C(=O)CC2)CC1. The molecule has 2 amide bonds. The second-order valence-corrected chi connectivity index (χ2v) is 7.61. The van der Waals surface area contributed by atoms with Gasteiger partial charge in [-0.1, -0.05) is 0 Å². The molecule has 2 fully saturated rings. The number of nitrogens with zero attached hydrogens (tertiary/aromatic N) is 5. The maximum atomic E-state index is 12.6. The van der Waals surface area contributed by atoms with Gasteiger partial charge in [0.25, 0.3) is 5.91 Å². The first kappa shape index (κ1) is 18.3. The molecule has 0 spiro atoms.